The Morgan fingerprint density at radius 3 is 2.39 bits per heavy atom. The largest absolute Gasteiger partial charge is 0.496 e. The predicted molar refractivity (Wildman–Crippen MR) is 73.6 cm³/mol. The summed E-state index contributed by atoms with van der Waals surface area (Å²) in [4.78, 5) is 16.4. The molecule has 0 spiro atoms. The fourth-order valence-corrected chi connectivity index (χ4v) is 2.00. The molecule has 18 heavy (non-hydrogen) atoms. The number of ether oxygens (including phenoxy) is 1. The van der Waals surface area contributed by atoms with Gasteiger partial charge in [-0.1, -0.05) is 12.1 Å². The smallest absolute Gasteiger partial charge is 0.257 e. The van der Waals surface area contributed by atoms with Crippen LogP contribution < -0.4 is 4.74 Å². The van der Waals surface area contributed by atoms with E-state index in [4.69, 9.17) is 4.74 Å². The Balaban J connectivity index is 0.00000162. The number of rotatable bonds is 2. The molecule has 0 aliphatic carbocycles. The molecular formula is C13H19ClN2O2. The molecule has 0 unspecified atom stereocenters. The number of halogens is 1. The zero-order chi connectivity index (χ0) is 12.3. The van der Waals surface area contributed by atoms with Crippen LogP contribution in [0.15, 0.2) is 24.3 Å². The molecule has 0 aromatic heterocycles. The van der Waals surface area contributed by atoms with Gasteiger partial charge >= 0.3 is 0 Å². The molecule has 1 saturated heterocycles. The Hall–Kier alpha value is -1.26. The zero-order valence-electron chi connectivity index (χ0n) is 10.8. The van der Waals surface area contributed by atoms with E-state index in [1.54, 1.807) is 7.11 Å². The molecule has 1 aromatic rings. The summed E-state index contributed by atoms with van der Waals surface area (Å²) < 4.78 is 5.22. The van der Waals surface area contributed by atoms with E-state index in [2.05, 4.69) is 11.9 Å². The van der Waals surface area contributed by atoms with E-state index in [1.807, 2.05) is 29.2 Å². The summed E-state index contributed by atoms with van der Waals surface area (Å²) in [6, 6.07) is 7.38. The van der Waals surface area contributed by atoms with E-state index >= 15 is 0 Å². The Bertz CT molecular complexity index is 404. The first-order chi connectivity index (χ1) is 8.22. The van der Waals surface area contributed by atoms with Crippen molar-refractivity contribution in [3.8, 4) is 5.75 Å². The van der Waals surface area contributed by atoms with Gasteiger partial charge in [-0.05, 0) is 19.2 Å². The highest BCUT2D eigenvalue weighted by molar-refractivity contribution is 5.97. The quantitative estimate of drug-likeness (QED) is 0.817. The number of piperazine rings is 1. The molecule has 2 rings (SSSR count). The number of hydrogen-bond acceptors (Lipinski definition) is 3. The monoisotopic (exact) mass is 270 g/mol. The highest BCUT2D eigenvalue weighted by Crippen LogP contribution is 2.19. The Kier molecular flexibility index (Phi) is 5.44. The maximum absolute atomic E-state index is 12.3. The van der Waals surface area contributed by atoms with Crippen molar-refractivity contribution in [2.75, 3.05) is 40.3 Å². The van der Waals surface area contributed by atoms with Crippen LogP contribution in [0.25, 0.3) is 0 Å². The standard InChI is InChI=1S/C13H18N2O2.ClH/c1-14-7-9-15(10-8-14)13(16)11-5-3-4-6-12(11)17-2;/h3-6H,7-10H2,1-2H3;1H. The van der Waals surface area contributed by atoms with Gasteiger partial charge in [-0.15, -0.1) is 12.4 Å². The second-order valence-corrected chi connectivity index (χ2v) is 4.30. The molecular weight excluding hydrogens is 252 g/mol. The first-order valence-electron chi connectivity index (χ1n) is 5.83. The van der Waals surface area contributed by atoms with E-state index in [0.29, 0.717) is 11.3 Å². The van der Waals surface area contributed by atoms with Crippen molar-refractivity contribution < 1.29 is 9.53 Å². The predicted octanol–water partition coefficient (Wildman–Crippen LogP) is 1.50. The number of likely N-dealkylation sites (N-methyl/N-ethyl adjacent to an activating group) is 1. The molecule has 0 atom stereocenters. The van der Waals surface area contributed by atoms with E-state index in [1.165, 1.54) is 0 Å². The first-order valence-corrected chi connectivity index (χ1v) is 5.83. The first kappa shape index (κ1) is 14.8. The highest BCUT2D eigenvalue weighted by atomic mass is 35.5. The molecule has 0 saturated carbocycles. The SMILES string of the molecule is COc1ccccc1C(=O)N1CCN(C)CC1.Cl. The van der Waals surface area contributed by atoms with Gasteiger partial charge in [0.25, 0.3) is 5.91 Å². The van der Waals surface area contributed by atoms with Crippen molar-refractivity contribution in [3.63, 3.8) is 0 Å². The second kappa shape index (κ2) is 6.61. The lowest BCUT2D eigenvalue weighted by Gasteiger charge is -2.32. The number of amides is 1. The van der Waals surface area contributed by atoms with Crippen molar-refractivity contribution in [3.05, 3.63) is 29.8 Å². The molecule has 1 aliphatic heterocycles. The van der Waals surface area contributed by atoms with Gasteiger partial charge in [-0.2, -0.15) is 0 Å². The van der Waals surface area contributed by atoms with Crippen LogP contribution in [-0.4, -0.2) is 56.0 Å². The third-order valence-electron chi connectivity index (χ3n) is 3.13. The minimum atomic E-state index is 0. The molecule has 1 heterocycles. The van der Waals surface area contributed by atoms with Crippen LogP contribution in [0.1, 0.15) is 10.4 Å². The number of carbonyl (C=O) groups is 1. The lowest BCUT2D eigenvalue weighted by molar-refractivity contribution is 0.0661. The molecule has 0 bridgehead atoms. The zero-order valence-corrected chi connectivity index (χ0v) is 11.6. The number of methoxy groups -OCH3 is 1. The molecule has 1 fully saturated rings. The lowest BCUT2D eigenvalue weighted by Crippen LogP contribution is -2.47. The average molecular weight is 271 g/mol. The van der Waals surface area contributed by atoms with Crippen LogP contribution >= 0.6 is 12.4 Å². The van der Waals surface area contributed by atoms with Gasteiger partial charge < -0.3 is 14.5 Å². The second-order valence-electron chi connectivity index (χ2n) is 4.30. The van der Waals surface area contributed by atoms with E-state index in [-0.39, 0.29) is 18.3 Å². The van der Waals surface area contributed by atoms with Gasteiger partial charge in [0.05, 0.1) is 12.7 Å². The summed E-state index contributed by atoms with van der Waals surface area (Å²) in [7, 11) is 3.67. The van der Waals surface area contributed by atoms with Gasteiger partial charge in [0, 0.05) is 26.2 Å². The topological polar surface area (TPSA) is 32.8 Å². The molecule has 1 amide bonds. The van der Waals surface area contributed by atoms with Crippen LogP contribution in [0.3, 0.4) is 0 Å². The maximum Gasteiger partial charge on any atom is 0.257 e. The Morgan fingerprint density at radius 1 is 1.17 bits per heavy atom. The minimum absolute atomic E-state index is 0. The summed E-state index contributed by atoms with van der Waals surface area (Å²) in [5, 5.41) is 0. The van der Waals surface area contributed by atoms with E-state index < -0.39 is 0 Å². The summed E-state index contributed by atoms with van der Waals surface area (Å²) in [5.41, 5.74) is 0.652. The van der Waals surface area contributed by atoms with Gasteiger partial charge in [-0.3, -0.25) is 4.79 Å². The van der Waals surface area contributed by atoms with Crippen LogP contribution in [0.5, 0.6) is 5.75 Å². The van der Waals surface area contributed by atoms with Crippen LogP contribution in [-0.2, 0) is 0 Å². The number of benzene rings is 1. The number of carbonyl (C=O) groups excluding carboxylic acids is 1. The molecule has 1 aromatic carbocycles. The van der Waals surface area contributed by atoms with Crippen LogP contribution in [0.2, 0.25) is 0 Å². The minimum Gasteiger partial charge on any atom is -0.496 e. The highest BCUT2D eigenvalue weighted by Gasteiger charge is 2.22. The van der Waals surface area contributed by atoms with Crippen molar-refractivity contribution in [2.24, 2.45) is 0 Å². The summed E-state index contributed by atoms with van der Waals surface area (Å²) >= 11 is 0. The summed E-state index contributed by atoms with van der Waals surface area (Å²) in [5.74, 6) is 0.715. The molecule has 4 nitrogen and oxygen atoms in total. The lowest BCUT2D eigenvalue weighted by atomic mass is 10.1. The van der Waals surface area contributed by atoms with Gasteiger partial charge in [0.15, 0.2) is 0 Å². The fourth-order valence-electron chi connectivity index (χ4n) is 2.00. The molecule has 0 radical (unpaired) electrons. The summed E-state index contributed by atoms with van der Waals surface area (Å²) in [6.45, 7) is 3.43. The Morgan fingerprint density at radius 2 is 1.78 bits per heavy atom. The van der Waals surface area contributed by atoms with Crippen molar-refractivity contribution in [1.82, 2.24) is 9.80 Å². The van der Waals surface area contributed by atoms with Gasteiger partial charge in [-0.25, -0.2) is 0 Å². The third-order valence-corrected chi connectivity index (χ3v) is 3.13. The van der Waals surface area contributed by atoms with E-state index in [0.717, 1.165) is 26.2 Å². The third kappa shape index (κ3) is 3.15. The average Bonchev–Trinajstić information content (AvgIpc) is 2.39. The normalized spacial score (nSPS) is 16.0. The number of nitrogens with zero attached hydrogens (tertiary/aromatic N) is 2. The fraction of sp³-hybridized carbons (Fsp3) is 0.462. The summed E-state index contributed by atoms with van der Waals surface area (Å²) in [6.07, 6.45) is 0. The van der Waals surface area contributed by atoms with E-state index in [9.17, 15) is 4.79 Å². The van der Waals surface area contributed by atoms with Crippen LogP contribution in [0.4, 0.5) is 0 Å². The van der Waals surface area contributed by atoms with Crippen molar-refractivity contribution >= 4 is 18.3 Å². The Labute approximate surface area is 114 Å². The van der Waals surface area contributed by atoms with Crippen LogP contribution in [0, 0.1) is 0 Å². The molecule has 5 heteroatoms. The van der Waals surface area contributed by atoms with Crippen molar-refractivity contribution in [2.45, 2.75) is 0 Å². The molecule has 100 valence electrons. The molecule has 1 aliphatic rings. The van der Waals surface area contributed by atoms with Gasteiger partial charge in [0.2, 0.25) is 0 Å². The van der Waals surface area contributed by atoms with Gasteiger partial charge in [0.1, 0.15) is 5.75 Å². The number of hydrogen-bond donors (Lipinski definition) is 0. The maximum atomic E-state index is 12.3. The molecule has 0 N–H and O–H groups in total. The van der Waals surface area contributed by atoms with Crippen molar-refractivity contribution in [1.29, 1.82) is 0 Å². The number of para-hydroxylation sites is 1.